The van der Waals surface area contributed by atoms with E-state index in [0.29, 0.717) is 5.92 Å². The zero-order valence-electron chi connectivity index (χ0n) is 12.4. The maximum absolute atomic E-state index is 9.58. The molecule has 1 aromatic carbocycles. The second kappa shape index (κ2) is 8.05. The number of phenolic OH excluding ortho intramolecular Hbond substituents is 2. The first-order chi connectivity index (χ1) is 9.10. The molecule has 108 valence electrons. The summed E-state index contributed by atoms with van der Waals surface area (Å²) in [5.74, 6) is 0.786. The molecule has 3 nitrogen and oxygen atoms in total. The summed E-state index contributed by atoms with van der Waals surface area (Å²) in [7, 11) is 0. The third-order valence-corrected chi connectivity index (χ3v) is 3.49. The number of rotatable bonds is 3. The molecule has 1 aliphatic rings. The van der Waals surface area contributed by atoms with E-state index in [9.17, 15) is 10.2 Å². The summed E-state index contributed by atoms with van der Waals surface area (Å²) in [4.78, 5) is 0. The van der Waals surface area contributed by atoms with Crippen LogP contribution in [0.3, 0.4) is 0 Å². The van der Waals surface area contributed by atoms with E-state index in [-0.39, 0.29) is 11.5 Å². The van der Waals surface area contributed by atoms with Crippen molar-refractivity contribution in [1.29, 1.82) is 0 Å². The van der Waals surface area contributed by atoms with Crippen LogP contribution in [0, 0.1) is 5.92 Å². The molecule has 1 unspecified atom stereocenters. The lowest BCUT2D eigenvalue weighted by Crippen LogP contribution is -2.12. The van der Waals surface area contributed by atoms with Crippen molar-refractivity contribution < 1.29 is 10.2 Å². The summed E-state index contributed by atoms with van der Waals surface area (Å²) in [5, 5.41) is 22.1. The Hall–Kier alpha value is -1.22. The number of hydrogen-bond donors (Lipinski definition) is 3. The summed E-state index contributed by atoms with van der Waals surface area (Å²) >= 11 is 0. The summed E-state index contributed by atoms with van der Waals surface area (Å²) in [6.07, 6.45) is 4.25. The molecule has 3 heteroatoms. The smallest absolute Gasteiger partial charge is 0.160 e. The fourth-order valence-corrected chi connectivity index (χ4v) is 2.36. The Morgan fingerprint density at radius 1 is 1.26 bits per heavy atom. The van der Waals surface area contributed by atoms with Crippen LogP contribution in [0.1, 0.15) is 44.7 Å². The SMILES string of the molecule is CC1CCc2c(ccc(O)c2O)C1.CCCNCC. The van der Waals surface area contributed by atoms with Crippen LogP contribution in [0.15, 0.2) is 12.1 Å². The summed E-state index contributed by atoms with van der Waals surface area (Å²) in [6, 6.07) is 3.49. The van der Waals surface area contributed by atoms with Gasteiger partial charge in [0, 0.05) is 5.56 Å². The van der Waals surface area contributed by atoms with E-state index in [1.165, 1.54) is 12.0 Å². The number of hydrogen-bond acceptors (Lipinski definition) is 3. The second-order valence-electron chi connectivity index (χ2n) is 5.27. The highest BCUT2D eigenvalue weighted by molar-refractivity contribution is 5.49. The lowest BCUT2D eigenvalue weighted by Gasteiger charge is -2.22. The molecule has 1 aliphatic carbocycles. The molecule has 0 aliphatic heterocycles. The highest BCUT2D eigenvalue weighted by Crippen LogP contribution is 2.36. The van der Waals surface area contributed by atoms with Crippen LogP contribution in [0.2, 0.25) is 0 Å². The van der Waals surface area contributed by atoms with Crippen molar-refractivity contribution in [3.8, 4) is 11.5 Å². The van der Waals surface area contributed by atoms with Crippen molar-refractivity contribution in [2.24, 2.45) is 5.92 Å². The van der Waals surface area contributed by atoms with Crippen LogP contribution in [0.4, 0.5) is 0 Å². The van der Waals surface area contributed by atoms with Crippen molar-refractivity contribution >= 4 is 0 Å². The van der Waals surface area contributed by atoms with E-state index in [2.05, 4.69) is 26.1 Å². The van der Waals surface area contributed by atoms with Crippen LogP contribution in [0.5, 0.6) is 11.5 Å². The number of aromatic hydroxyl groups is 2. The minimum atomic E-state index is 0.00769. The van der Waals surface area contributed by atoms with Gasteiger partial charge in [-0.1, -0.05) is 26.8 Å². The van der Waals surface area contributed by atoms with Gasteiger partial charge in [0.25, 0.3) is 0 Å². The van der Waals surface area contributed by atoms with Gasteiger partial charge in [-0.25, -0.2) is 0 Å². The van der Waals surface area contributed by atoms with Gasteiger partial charge in [0.2, 0.25) is 0 Å². The molecule has 0 spiro atoms. The van der Waals surface area contributed by atoms with E-state index in [0.717, 1.165) is 37.9 Å². The van der Waals surface area contributed by atoms with Gasteiger partial charge < -0.3 is 15.5 Å². The largest absolute Gasteiger partial charge is 0.504 e. The predicted molar refractivity (Wildman–Crippen MR) is 79.8 cm³/mol. The third kappa shape index (κ3) is 4.75. The number of nitrogens with one attached hydrogen (secondary N) is 1. The molecule has 2 rings (SSSR count). The zero-order valence-corrected chi connectivity index (χ0v) is 12.4. The Morgan fingerprint density at radius 2 is 2.00 bits per heavy atom. The molecule has 0 fully saturated rings. The first-order valence-corrected chi connectivity index (χ1v) is 7.33. The van der Waals surface area contributed by atoms with E-state index < -0.39 is 0 Å². The summed E-state index contributed by atoms with van der Waals surface area (Å²) in [5.41, 5.74) is 2.13. The van der Waals surface area contributed by atoms with E-state index >= 15 is 0 Å². The van der Waals surface area contributed by atoms with Gasteiger partial charge in [0.1, 0.15) is 0 Å². The molecule has 0 radical (unpaired) electrons. The zero-order chi connectivity index (χ0) is 14.3. The maximum atomic E-state index is 9.58. The molecule has 0 bridgehead atoms. The van der Waals surface area contributed by atoms with Crippen molar-refractivity contribution in [3.63, 3.8) is 0 Å². The molecular formula is C16H27NO2. The lowest BCUT2D eigenvalue weighted by molar-refractivity contribution is 0.390. The topological polar surface area (TPSA) is 52.5 Å². The van der Waals surface area contributed by atoms with Crippen molar-refractivity contribution in [1.82, 2.24) is 5.32 Å². The molecule has 0 saturated carbocycles. The number of fused-ring (bicyclic) bond motifs is 1. The van der Waals surface area contributed by atoms with Crippen molar-refractivity contribution in [2.75, 3.05) is 13.1 Å². The summed E-state index contributed by atoms with van der Waals surface area (Å²) in [6.45, 7) is 8.77. The van der Waals surface area contributed by atoms with E-state index in [4.69, 9.17) is 0 Å². The van der Waals surface area contributed by atoms with Gasteiger partial charge in [-0.05, 0) is 56.3 Å². The Balaban J connectivity index is 0.000000258. The van der Waals surface area contributed by atoms with Crippen LogP contribution < -0.4 is 5.32 Å². The molecule has 0 saturated heterocycles. The van der Waals surface area contributed by atoms with E-state index in [1.54, 1.807) is 6.07 Å². The minimum Gasteiger partial charge on any atom is -0.504 e. The lowest BCUT2D eigenvalue weighted by atomic mass is 9.84. The Kier molecular flexibility index (Phi) is 6.71. The Bertz CT molecular complexity index is 387. The molecule has 3 N–H and O–H groups in total. The Labute approximate surface area is 116 Å². The maximum Gasteiger partial charge on any atom is 0.160 e. The van der Waals surface area contributed by atoms with Gasteiger partial charge in [0.15, 0.2) is 11.5 Å². The molecule has 0 heterocycles. The third-order valence-electron chi connectivity index (χ3n) is 3.49. The average molecular weight is 265 g/mol. The molecule has 19 heavy (non-hydrogen) atoms. The van der Waals surface area contributed by atoms with E-state index in [1.807, 2.05) is 6.07 Å². The molecule has 1 aromatic rings. The Morgan fingerprint density at radius 3 is 2.58 bits per heavy atom. The normalized spacial score (nSPS) is 17.3. The van der Waals surface area contributed by atoms with Crippen molar-refractivity contribution in [3.05, 3.63) is 23.3 Å². The van der Waals surface area contributed by atoms with Crippen molar-refractivity contribution in [2.45, 2.75) is 46.5 Å². The molecular weight excluding hydrogens is 238 g/mol. The molecule has 0 aromatic heterocycles. The predicted octanol–water partition coefficient (Wildman–Crippen LogP) is 3.23. The number of phenols is 2. The number of benzene rings is 1. The first-order valence-electron chi connectivity index (χ1n) is 7.33. The fourth-order valence-electron chi connectivity index (χ4n) is 2.36. The first kappa shape index (κ1) is 15.8. The summed E-state index contributed by atoms with van der Waals surface area (Å²) < 4.78 is 0. The highest BCUT2D eigenvalue weighted by atomic mass is 16.3. The van der Waals surface area contributed by atoms with Crippen LogP contribution in [-0.2, 0) is 12.8 Å². The monoisotopic (exact) mass is 265 g/mol. The van der Waals surface area contributed by atoms with Gasteiger partial charge in [0.05, 0.1) is 0 Å². The van der Waals surface area contributed by atoms with Crippen LogP contribution in [0.25, 0.3) is 0 Å². The highest BCUT2D eigenvalue weighted by Gasteiger charge is 2.19. The van der Waals surface area contributed by atoms with Crippen LogP contribution >= 0.6 is 0 Å². The fraction of sp³-hybridized carbons (Fsp3) is 0.625. The second-order valence-corrected chi connectivity index (χ2v) is 5.27. The van der Waals surface area contributed by atoms with Gasteiger partial charge in [-0.2, -0.15) is 0 Å². The standard InChI is InChI=1S/C11H14O2.C5H13N/c1-7-2-4-9-8(6-7)3-5-10(12)11(9)13;1-3-5-6-4-2/h3,5,7,12-13H,2,4,6H2,1H3;6H,3-5H2,1-2H3. The van der Waals surface area contributed by atoms with Crippen LogP contribution in [-0.4, -0.2) is 23.3 Å². The van der Waals surface area contributed by atoms with Gasteiger partial charge >= 0.3 is 0 Å². The minimum absolute atomic E-state index is 0.00769. The van der Waals surface area contributed by atoms with Gasteiger partial charge in [-0.15, -0.1) is 0 Å². The molecule has 0 amide bonds. The molecule has 1 atom stereocenters. The average Bonchev–Trinajstić information content (AvgIpc) is 2.41. The van der Waals surface area contributed by atoms with Gasteiger partial charge in [-0.3, -0.25) is 0 Å². The quantitative estimate of drug-likeness (QED) is 0.581.